The molecule has 7 nitrogen and oxygen atoms in total. The summed E-state index contributed by atoms with van der Waals surface area (Å²) < 4.78 is 0. The Balaban J connectivity index is 1.51. The van der Waals surface area contributed by atoms with Crippen LogP contribution in [0, 0.1) is 0 Å². The Morgan fingerprint density at radius 1 is 1.04 bits per heavy atom. The third kappa shape index (κ3) is 2.64. The number of fused-ring (bicyclic) bond motifs is 1. The van der Waals surface area contributed by atoms with Crippen molar-refractivity contribution in [3.63, 3.8) is 0 Å². The number of amides is 1. The number of hydrogen-bond donors (Lipinski definition) is 2. The summed E-state index contributed by atoms with van der Waals surface area (Å²) in [5, 5.41) is 9.01. The first-order valence-electron chi connectivity index (χ1n) is 7.84. The van der Waals surface area contributed by atoms with Gasteiger partial charge in [-0.05, 0) is 23.8 Å². The van der Waals surface area contributed by atoms with Gasteiger partial charge in [0.1, 0.15) is 5.52 Å². The standard InChI is InChI=1S/C17H17N5O2/c23-17(24)22-9-7-21(8-10-22)13-3-1-12(2-4-13)14-11-15-16(20-14)19-6-5-18-15/h1-6,11H,7-10H2,(H,19,20)(H,23,24). The van der Waals surface area contributed by atoms with Crippen molar-refractivity contribution in [2.45, 2.75) is 0 Å². The topological polar surface area (TPSA) is 85.3 Å². The van der Waals surface area contributed by atoms with E-state index in [-0.39, 0.29) is 0 Å². The fourth-order valence-electron chi connectivity index (χ4n) is 3.01. The molecule has 4 rings (SSSR count). The molecule has 1 aliphatic rings. The number of carbonyl (C=O) groups is 1. The molecule has 1 fully saturated rings. The van der Waals surface area contributed by atoms with Crippen LogP contribution in [-0.2, 0) is 0 Å². The molecule has 3 aromatic rings. The Bertz CT molecular complexity index is 833. The van der Waals surface area contributed by atoms with Gasteiger partial charge in [-0.2, -0.15) is 0 Å². The van der Waals surface area contributed by atoms with Crippen LogP contribution in [0.4, 0.5) is 10.5 Å². The average molecular weight is 323 g/mol. The van der Waals surface area contributed by atoms with Gasteiger partial charge in [0.25, 0.3) is 0 Å². The molecule has 0 radical (unpaired) electrons. The van der Waals surface area contributed by atoms with E-state index in [0.29, 0.717) is 26.2 Å². The van der Waals surface area contributed by atoms with Gasteiger partial charge in [-0.25, -0.2) is 9.78 Å². The maximum Gasteiger partial charge on any atom is 0.407 e. The molecule has 0 aliphatic carbocycles. The van der Waals surface area contributed by atoms with Gasteiger partial charge < -0.3 is 19.9 Å². The molecule has 122 valence electrons. The Hall–Kier alpha value is -3.09. The normalized spacial score (nSPS) is 15.0. The molecule has 2 N–H and O–H groups in total. The van der Waals surface area contributed by atoms with Gasteiger partial charge in [0.2, 0.25) is 0 Å². The SMILES string of the molecule is O=C(O)N1CCN(c2ccc(-c3cc4nccnc4[nH]3)cc2)CC1. The number of aromatic nitrogens is 3. The van der Waals surface area contributed by atoms with E-state index in [1.54, 1.807) is 12.4 Å². The zero-order valence-electron chi connectivity index (χ0n) is 13.0. The van der Waals surface area contributed by atoms with Crippen molar-refractivity contribution in [2.24, 2.45) is 0 Å². The first kappa shape index (κ1) is 14.5. The zero-order chi connectivity index (χ0) is 16.5. The van der Waals surface area contributed by atoms with Crippen molar-refractivity contribution in [3.05, 3.63) is 42.7 Å². The molecule has 2 aromatic heterocycles. The fourth-order valence-corrected chi connectivity index (χ4v) is 3.01. The van der Waals surface area contributed by atoms with Crippen LogP contribution in [-0.4, -0.2) is 57.2 Å². The summed E-state index contributed by atoms with van der Waals surface area (Å²) >= 11 is 0. The van der Waals surface area contributed by atoms with Gasteiger partial charge in [-0.3, -0.25) is 4.98 Å². The maximum absolute atomic E-state index is 11.0. The van der Waals surface area contributed by atoms with Crippen LogP contribution in [0.2, 0.25) is 0 Å². The van der Waals surface area contributed by atoms with E-state index in [4.69, 9.17) is 5.11 Å². The van der Waals surface area contributed by atoms with E-state index in [9.17, 15) is 4.79 Å². The minimum atomic E-state index is -0.842. The van der Waals surface area contributed by atoms with Crippen molar-refractivity contribution in [1.82, 2.24) is 19.9 Å². The van der Waals surface area contributed by atoms with E-state index < -0.39 is 6.09 Å². The molecule has 24 heavy (non-hydrogen) atoms. The lowest BCUT2D eigenvalue weighted by atomic mass is 10.1. The number of aromatic amines is 1. The minimum absolute atomic E-state index is 0.538. The summed E-state index contributed by atoms with van der Waals surface area (Å²) in [5.41, 5.74) is 4.79. The van der Waals surface area contributed by atoms with Crippen LogP contribution >= 0.6 is 0 Å². The van der Waals surface area contributed by atoms with Gasteiger partial charge in [-0.1, -0.05) is 12.1 Å². The highest BCUT2D eigenvalue weighted by Gasteiger charge is 2.20. The third-order valence-electron chi connectivity index (χ3n) is 4.35. The van der Waals surface area contributed by atoms with E-state index in [2.05, 4.69) is 44.1 Å². The van der Waals surface area contributed by atoms with E-state index in [1.165, 1.54) is 4.90 Å². The predicted molar refractivity (Wildman–Crippen MR) is 91.1 cm³/mol. The quantitative estimate of drug-likeness (QED) is 0.756. The zero-order valence-corrected chi connectivity index (χ0v) is 13.0. The minimum Gasteiger partial charge on any atom is -0.465 e. The first-order chi connectivity index (χ1) is 11.7. The first-order valence-corrected chi connectivity index (χ1v) is 7.84. The Kier molecular flexibility index (Phi) is 3.53. The smallest absolute Gasteiger partial charge is 0.407 e. The fraction of sp³-hybridized carbons (Fsp3) is 0.235. The van der Waals surface area contributed by atoms with Crippen molar-refractivity contribution >= 4 is 22.9 Å². The molecule has 1 aromatic carbocycles. The molecule has 0 atom stereocenters. The van der Waals surface area contributed by atoms with E-state index >= 15 is 0 Å². The molecule has 7 heteroatoms. The number of H-pyrrole nitrogens is 1. The van der Waals surface area contributed by atoms with Crippen molar-refractivity contribution < 1.29 is 9.90 Å². The monoisotopic (exact) mass is 323 g/mol. The highest BCUT2D eigenvalue weighted by atomic mass is 16.4. The third-order valence-corrected chi connectivity index (χ3v) is 4.35. The average Bonchev–Trinajstić information content (AvgIpc) is 3.06. The summed E-state index contributed by atoms with van der Waals surface area (Å²) in [6, 6.07) is 10.2. The number of rotatable bonds is 2. The van der Waals surface area contributed by atoms with Crippen LogP contribution in [0.1, 0.15) is 0 Å². The second kappa shape index (κ2) is 5.84. The van der Waals surface area contributed by atoms with Crippen LogP contribution in [0.5, 0.6) is 0 Å². The largest absolute Gasteiger partial charge is 0.465 e. The molecule has 0 spiro atoms. The number of hydrogen-bond acceptors (Lipinski definition) is 4. The lowest BCUT2D eigenvalue weighted by Gasteiger charge is -2.34. The highest BCUT2D eigenvalue weighted by Crippen LogP contribution is 2.25. The Morgan fingerprint density at radius 2 is 1.75 bits per heavy atom. The number of nitrogens with zero attached hydrogens (tertiary/aromatic N) is 4. The molecule has 0 unspecified atom stereocenters. The van der Waals surface area contributed by atoms with Gasteiger partial charge in [0, 0.05) is 50.0 Å². The number of carboxylic acid groups (broad SMARTS) is 1. The van der Waals surface area contributed by atoms with Crippen molar-refractivity contribution in [1.29, 1.82) is 0 Å². The summed E-state index contributed by atoms with van der Waals surface area (Å²) in [7, 11) is 0. The Labute approximate surface area is 138 Å². The number of benzene rings is 1. The number of anilines is 1. The predicted octanol–water partition coefficient (Wildman–Crippen LogP) is 2.42. The Morgan fingerprint density at radius 3 is 2.42 bits per heavy atom. The molecule has 0 bridgehead atoms. The van der Waals surface area contributed by atoms with Crippen molar-refractivity contribution in [2.75, 3.05) is 31.1 Å². The van der Waals surface area contributed by atoms with Crippen LogP contribution < -0.4 is 4.90 Å². The lowest BCUT2D eigenvalue weighted by molar-refractivity contribution is 0.142. The van der Waals surface area contributed by atoms with E-state index in [1.807, 2.05) is 6.07 Å². The van der Waals surface area contributed by atoms with Gasteiger partial charge in [0.05, 0.1) is 0 Å². The van der Waals surface area contributed by atoms with Gasteiger partial charge in [-0.15, -0.1) is 0 Å². The molecule has 1 amide bonds. The van der Waals surface area contributed by atoms with Crippen molar-refractivity contribution in [3.8, 4) is 11.3 Å². The molecular formula is C17H17N5O2. The molecule has 0 saturated carbocycles. The molecular weight excluding hydrogens is 306 g/mol. The van der Waals surface area contributed by atoms with E-state index in [0.717, 1.165) is 28.1 Å². The summed E-state index contributed by atoms with van der Waals surface area (Å²) in [6.45, 7) is 2.50. The second-order valence-corrected chi connectivity index (χ2v) is 5.78. The second-order valence-electron chi connectivity index (χ2n) is 5.78. The number of nitrogens with one attached hydrogen (secondary N) is 1. The molecule has 3 heterocycles. The molecule has 1 saturated heterocycles. The number of piperazine rings is 1. The highest BCUT2D eigenvalue weighted by molar-refractivity contribution is 5.79. The van der Waals surface area contributed by atoms with Gasteiger partial charge >= 0.3 is 6.09 Å². The van der Waals surface area contributed by atoms with Crippen LogP contribution in [0.25, 0.3) is 22.4 Å². The van der Waals surface area contributed by atoms with Crippen LogP contribution in [0.3, 0.4) is 0 Å². The summed E-state index contributed by atoms with van der Waals surface area (Å²) in [4.78, 5) is 26.4. The summed E-state index contributed by atoms with van der Waals surface area (Å²) in [6.07, 6.45) is 2.51. The van der Waals surface area contributed by atoms with Crippen LogP contribution in [0.15, 0.2) is 42.7 Å². The molecule has 1 aliphatic heterocycles. The maximum atomic E-state index is 11.0. The van der Waals surface area contributed by atoms with Gasteiger partial charge in [0.15, 0.2) is 5.65 Å². The summed E-state index contributed by atoms with van der Waals surface area (Å²) in [5.74, 6) is 0. The lowest BCUT2D eigenvalue weighted by Crippen LogP contribution is -2.48.